The summed E-state index contributed by atoms with van der Waals surface area (Å²) >= 11 is 1.97. The molecule has 0 saturated carbocycles. The van der Waals surface area contributed by atoms with E-state index in [1.54, 1.807) is 13.1 Å². The smallest absolute Gasteiger partial charge is 0.422 e. The third-order valence-corrected chi connectivity index (χ3v) is 5.33. The van der Waals surface area contributed by atoms with Gasteiger partial charge in [-0.05, 0) is 31.1 Å². The van der Waals surface area contributed by atoms with Crippen LogP contribution in [0.3, 0.4) is 0 Å². The second kappa shape index (κ2) is 8.64. The molecule has 1 aromatic rings. The standard InChI is InChI=1S/C16H23F3N4OS/c1-15(6-3-7-25-15)10-23-14(20-2)22-9-12-4-5-13(21-8-12)24-11-16(17,18)19/h4-5,8H,3,6-7,9-11H2,1-2H3,(H2,20,22,23). The molecule has 140 valence electrons. The summed E-state index contributed by atoms with van der Waals surface area (Å²) in [6, 6.07) is 3.10. The molecule has 1 atom stereocenters. The van der Waals surface area contributed by atoms with Crippen LogP contribution in [0.5, 0.6) is 5.88 Å². The molecule has 0 spiro atoms. The van der Waals surface area contributed by atoms with Crippen LogP contribution in [-0.4, -0.2) is 47.8 Å². The van der Waals surface area contributed by atoms with Crippen LogP contribution in [0.1, 0.15) is 25.3 Å². The van der Waals surface area contributed by atoms with Crippen LogP contribution < -0.4 is 15.4 Å². The summed E-state index contributed by atoms with van der Waals surface area (Å²) in [7, 11) is 1.70. The first-order valence-corrected chi connectivity index (χ1v) is 9.01. The van der Waals surface area contributed by atoms with Gasteiger partial charge in [0.2, 0.25) is 5.88 Å². The number of rotatable bonds is 6. The first-order valence-electron chi connectivity index (χ1n) is 8.03. The molecular weight excluding hydrogens is 353 g/mol. The molecular formula is C16H23F3N4OS. The number of ether oxygens (including phenoxy) is 1. The van der Waals surface area contributed by atoms with Crippen LogP contribution >= 0.6 is 11.8 Å². The van der Waals surface area contributed by atoms with Gasteiger partial charge >= 0.3 is 6.18 Å². The van der Waals surface area contributed by atoms with E-state index in [-0.39, 0.29) is 10.6 Å². The Balaban J connectivity index is 1.77. The van der Waals surface area contributed by atoms with E-state index in [9.17, 15) is 13.2 Å². The predicted octanol–water partition coefficient (Wildman–Crippen LogP) is 2.97. The van der Waals surface area contributed by atoms with Crippen molar-refractivity contribution in [3.05, 3.63) is 23.9 Å². The lowest BCUT2D eigenvalue weighted by Crippen LogP contribution is -2.43. The number of pyridine rings is 1. The van der Waals surface area contributed by atoms with Crippen molar-refractivity contribution in [2.75, 3.05) is 26.0 Å². The Morgan fingerprint density at radius 1 is 1.40 bits per heavy atom. The van der Waals surface area contributed by atoms with Crippen LogP contribution in [-0.2, 0) is 6.54 Å². The number of guanidine groups is 1. The summed E-state index contributed by atoms with van der Waals surface area (Å²) in [6.45, 7) is 2.20. The number of thioether (sulfide) groups is 1. The van der Waals surface area contributed by atoms with Crippen molar-refractivity contribution in [1.82, 2.24) is 15.6 Å². The lowest BCUT2D eigenvalue weighted by Gasteiger charge is -2.24. The quantitative estimate of drug-likeness (QED) is 0.591. The first-order chi connectivity index (χ1) is 11.8. The third kappa shape index (κ3) is 7.01. The van der Waals surface area contributed by atoms with E-state index in [2.05, 4.69) is 32.3 Å². The van der Waals surface area contributed by atoms with Crippen LogP contribution in [0.15, 0.2) is 23.3 Å². The molecule has 0 aliphatic carbocycles. The van der Waals surface area contributed by atoms with Gasteiger partial charge in [0.05, 0.1) is 0 Å². The van der Waals surface area contributed by atoms with Crippen molar-refractivity contribution < 1.29 is 17.9 Å². The van der Waals surface area contributed by atoms with Crippen molar-refractivity contribution in [3.63, 3.8) is 0 Å². The zero-order valence-electron chi connectivity index (χ0n) is 14.3. The van der Waals surface area contributed by atoms with Gasteiger partial charge in [0.1, 0.15) is 0 Å². The monoisotopic (exact) mass is 376 g/mol. The highest BCUT2D eigenvalue weighted by Crippen LogP contribution is 2.36. The van der Waals surface area contributed by atoms with E-state index < -0.39 is 12.8 Å². The highest BCUT2D eigenvalue weighted by atomic mass is 32.2. The molecule has 2 N–H and O–H groups in total. The van der Waals surface area contributed by atoms with Gasteiger partial charge in [-0.1, -0.05) is 6.07 Å². The number of nitrogens with one attached hydrogen (secondary N) is 2. The maximum Gasteiger partial charge on any atom is 0.422 e. The summed E-state index contributed by atoms with van der Waals surface area (Å²) in [5.74, 6) is 1.83. The lowest BCUT2D eigenvalue weighted by molar-refractivity contribution is -0.154. The SMILES string of the molecule is CN=C(NCc1ccc(OCC(F)(F)F)nc1)NCC1(C)CCCS1. The Labute approximate surface area is 149 Å². The summed E-state index contributed by atoms with van der Waals surface area (Å²) in [5.41, 5.74) is 0.823. The molecule has 2 rings (SSSR count). The molecule has 0 amide bonds. The number of alkyl halides is 3. The van der Waals surface area contributed by atoms with Crippen molar-refractivity contribution in [2.45, 2.75) is 37.2 Å². The molecule has 0 bridgehead atoms. The molecule has 9 heteroatoms. The maximum atomic E-state index is 12.1. The Morgan fingerprint density at radius 3 is 2.76 bits per heavy atom. The predicted molar refractivity (Wildman–Crippen MR) is 94.1 cm³/mol. The van der Waals surface area contributed by atoms with Gasteiger partial charge in [-0.2, -0.15) is 24.9 Å². The largest absolute Gasteiger partial charge is 0.468 e. The van der Waals surface area contributed by atoms with Gasteiger partial charge < -0.3 is 15.4 Å². The second-order valence-electron chi connectivity index (χ2n) is 6.09. The maximum absolute atomic E-state index is 12.1. The minimum atomic E-state index is -4.37. The zero-order valence-corrected chi connectivity index (χ0v) is 15.1. The molecule has 1 aliphatic heterocycles. The highest BCUT2D eigenvalue weighted by Gasteiger charge is 2.29. The topological polar surface area (TPSA) is 58.5 Å². The highest BCUT2D eigenvalue weighted by molar-refractivity contribution is 8.00. The molecule has 0 radical (unpaired) electrons. The minimum absolute atomic E-state index is 0.0465. The van der Waals surface area contributed by atoms with Gasteiger partial charge in [0.15, 0.2) is 12.6 Å². The van der Waals surface area contributed by atoms with E-state index in [0.29, 0.717) is 12.5 Å². The summed E-state index contributed by atoms with van der Waals surface area (Å²) in [6.07, 6.45) is -0.456. The molecule has 2 heterocycles. The van der Waals surface area contributed by atoms with Gasteiger partial charge in [0.25, 0.3) is 0 Å². The number of halogens is 3. The Morgan fingerprint density at radius 2 is 2.20 bits per heavy atom. The van der Waals surface area contributed by atoms with Crippen molar-refractivity contribution in [1.29, 1.82) is 0 Å². The van der Waals surface area contributed by atoms with Crippen molar-refractivity contribution in [3.8, 4) is 5.88 Å². The summed E-state index contributed by atoms with van der Waals surface area (Å²) < 4.78 is 41.1. The minimum Gasteiger partial charge on any atom is -0.468 e. The fourth-order valence-electron chi connectivity index (χ4n) is 2.41. The molecule has 25 heavy (non-hydrogen) atoms. The third-order valence-electron chi connectivity index (χ3n) is 3.80. The number of hydrogen-bond acceptors (Lipinski definition) is 4. The van der Waals surface area contributed by atoms with Crippen LogP contribution in [0.2, 0.25) is 0 Å². The van der Waals surface area contributed by atoms with E-state index in [4.69, 9.17) is 0 Å². The molecule has 1 fully saturated rings. The van der Waals surface area contributed by atoms with Crippen molar-refractivity contribution >= 4 is 17.7 Å². The molecule has 1 aliphatic rings. The molecule has 1 saturated heterocycles. The van der Waals surface area contributed by atoms with E-state index in [1.165, 1.54) is 30.9 Å². The molecule has 1 aromatic heterocycles. The number of aliphatic imine (C=N–C) groups is 1. The summed E-state index contributed by atoms with van der Waals surface area (Å²) in [4.78, 5) is 8.06. The van der Waals surface area contributed by atoms with Crippen LogP contribution in [0, 0.1) is 0 Å². The van der Waals surface area contributed by atoms with Gasteiger partial charge in [-0.3, -0.25) is 4.99 Å². The van der Waals surface area contributed by atoms with E-state index >= 15 is 0 Å². The van der Waals surface area contributed by atoms with E-state index in [0.717, 1.165) is 12.1 Å². The van der Waals surface area contributed by atoms with Gasteiger partial charge in [0, 0.05) is 37.1 Å². The Kier molecular flexibility index (Phi) is 6.80. The van der Waals surface area contributed by atoms with Crippen molar-refractivity contribution in [2.24, 2.45) is 4.99 Å². The normalized spacial score (nSPS) is 21.2. The fourth-order valence-corrected chi connectivity index (χ4v) is 3.65. The number of aromatic nitrogens is 1. The Bertz CT molecular complexity index is 572. The Hall–Kier alpha value is -1.64. The molecule has 5 nitrogen and oxygen atoms in total. The number of nitrogens with zero attached hydrogens (tertiary/aromatic N) is 2. The molecule has 0 aromatic carbocycles. The zero-order chi connectivity index (χ0) is 18.3. The fraction of sp³-hybridized carbons (Fsp3) is 0.625. The van der Waals surface area contributed by atoms with E-state index in [1.807, 2.05) is 11.8 Å². The lowest BCUT2D eigenvalue weighted by atomic mass is 10.1. The average molecular weight is 376 g/mol. The second-order valence-corrected chi connectivity index (χ2v) is 7.77. The average Bonchev–Trinajstić information content (AvgIpc) is 3.00. The van der Waals surface area contributed by atoms with Crippen LogP contribution in [0.25, 0.3) is 0 Å². The van der Waals surface area contributed by atoms with Crippen LogP contribution in [0.4, 0.5) is 13.2 Å². The first kappa shape index (κ1) is 19.7. The number of hydrogen-bond donors (Lipinski definition) is 2. The summed E-state index contributed by atoms with van der Waals surface area (Å²) in [5, 5.41) is 6.49. The van der Waals surface area contributed by atoms with Gasteiger partial charge in [-0.15, -0.1) is 0 Å². The van der Waals surface area contributed by atoms with Gasteiger partial charge in [-0.25, -0.2) is 4.98 Å². The molecule has 1 unspecified atom stereocenters.